The summed E-state index contributed by atoms with van der Waals surface area (Å²) in [5.74, 6) is 0. The number of morpholine rings is 1. The van der Waals surface area contributed by atoms with Crippen LogP contribution >= 0.6 is 0 Å². The van der Waals surface area contributed by atoms with Gasteiger partial charge in [0.1, 0.15) is 0 Å². The molecule has 1 fully saturated rings. The van der Waals surface area contributed by atoms with Crippen molar-refractivity contribution in [3.63, 3.8) is 0 Å². The zero-order chi connectivity index (χ0) is 9.10. The van der Waals surface area contributed by atoms with Gasteiger partial charge in [-0.1, -0.05) is 0 Å². The predicted octanol–water partition coefficient (Wildman–Crippen LogP) is 1.05. The molecule has 0 spiro atoms. The van der Waals surface area contributed by atoms with Crippen molar-refractivity contribution in [2.45, 2.75) is 13.0 Å². The molecule has 2 rings (SSSR count). The summed E-state index contributed by atoms with van der Waals surface area (Å²) >= 11 is 0. The van der Waals surface area contributed by atoms with E-state index in [1.807, 2.05) is 19.2 Å². The molecule has 0 amide bonds. The molecule has 2 heterocycles. The minimum atomic E-state index is 0.343. The number of hydrogen-bond acceptors (Lipinski definition) is 3. The normalized spacial score (nSPS) is 23.0. The van der Waals surface area contributed by atoms with E-state index >= 15 is 0 Å². The van der Waals surface area contributed by atoms with Crippen molar-refractivity contribution in [3.05, 3.63) is 29.6 Å². The summed E-state index contributed by atoms with van der Waals surface area (Å²) in [6.45, 7) is 4.53. The monoisotopic (exact) mass is 178 g/mol. The Bertz CT molecular complexity index is 282. The van der Waals surface area contributed by atoms with Gasteiger partial charge in [-0.25, -0.2) is 0 Å². The van der Waals surface area contributed by atoms with Crippen molar-refractivity contribution in [1.29, 1.82) is 0 Å². The summed E-state index contributed by atoms with van der Waals surface area (Å²) in [6.07, 6.45) is 1.85. The third kappa shape index (κ3) is 2.05. The molecule has 1 aliphatic rings. The summed E-state index contributed by atoms with van der Waals surface area (Å²) in [4.78, 5) is 4.17. The lowest BCUT2D eigenvalue weighted by Gasteiger charge is -2.24. The highest BCUT2D eigenvalue weighted by Crippen LogP contribution is 2.15. The SMILES string of the molecule is Cc1cc(C2COCCN2)ccn1. The van der Waals surface area contributed by atoms with E-state index in [9.17, 15) is 0 Å². The highest BCUT2D eigenvalue weighted by atomic mass is 16.5. The lowest BCUT2D eigenvalue weighted by Crippen LogP contribution is -2.34. The third-order valence-electron chi connectivity index (χ3n) is 2.24. The first kappa shape index (κ1) is 8.66. The zero-order valence-electron chi connectivity index (χ0n) is 7.79. The first-order valence-electron chi connectivity index (χ1n) is 4.60. The third-order valence-corrected chi connectivity index (χ3v) is 2.24. The Morgan fingerprint density at radius 2 is 2.54 bits per heavy atom. The molecule has 3 heteroatoms. The summed E-state index contributed by atoms with van der Waals surface area (Å²) in [5, 5.41) is 3.41. The van der Waals surface area contributed by atoms with Gasteiger partial charge in [0, 0.05) is 18.4 Å². The quantitative estimate of drug-likeness (QED) is 0.698. The maximum Gasteiger partial charge on any atom is 0.0662 e. The number of nitrogens with one attached hydrogen (secondary N) is 1. The van der Waals surface area contributed by atoms with Crippen molar-refractivity contribution >= 4 is 0 Å². The molecular weight excluding hydrogens is 164 g/mol. The van der Waals surface area contributed by atoms with Crippen molar-refractivity contribution < 1.29 is 4.74 Å². The van der Waals surface area contributed by atoms with E-state index in [4.69, 9.17) is 4.74 Å². The first-order valence-corrected chi connectivity index (χ1v) is 4.60. The summed E-state index contributed by atoms with van der Waals surface area (Å²) in [7, 11) is 0. The highest BCUT2D eigenvalue weighted by Gasteiger charge is 2.14. The van der Waals surface area contributed by atoms with Gasteiger partial charge in [-0.2, -0.15) is 0 Å². The van der Waals surface area contributed by atoms with E-state index in [0.29, 0.717) is 6.04 Å². The molecule has 3 nitrogen and oxygen atoms in total. The topological polar surface area (TPSA) is 34.1 Å². The van der Waals surface area contributed by atoms with Crippen LogP contribution in [0.5, 0.6) is 0 Å². The lowest BCUT2D eigenvalue weighted by atomic mass is 10.1. The molecule has 0 aromatic carbocycles. The second kappa shape index (κ2) is 3.85. The Morgan fingerprint density at radius 1 is 1.62 bits per heavy atom. The van der Waals surface area contributed by atoms with Gasteiger partial charge in [0.05, 0.1) is 19.3 Å². The van der Waals surface area contributed by atoms with Crippen molar-refractivity contribution in [3.8, 4) is 0 Å². The molecule has 1 atom stereocenters. The molecule has 1 N–H and O–H groups in total. The van der Waals surface area contributed by atoms with Crippen LogP contribution in [0.1, 0.15) is 17.3 Å². The van der Waals surface area contributed by atoms with Gasteiger partial charge in [0.15, 0.2) is 0 Å². The molecule has 13 heavy (non-hydrogen) atoms. The maximum atomic E-state index is 5.39. The predicted molar refractivity (Wildman–Crippen MR) is 50.5 cm³/mol. The zero-order valence-corrected chi connectivity index (χ0v) is 7.79. The van der Waals surface area contributed by atoms with Crippen LogP contribution in [0.3, 0.4) is 0 Å². The second-order valence-electron chi connectivity index (χ2n) is 3.31. The molecule has 0 aliphatic carbocycles. The maximum absolute atomic E-state index is 5.39. The summed E-state index contributed by atoms with van der Waals surface area (Å²) < 4.78 is 5.39. The van der Waals surface area contributed by atoms with Crippen LogP contribution in [0, 0.1) is 6.92 Å². The number of rotatable bonds is 1. The van der Waals surface area contributed by atoms with Crippen LogP contribution in [0.2, 0.25) is 0 Å². The fraction of sp³-hybridized carbons (Fsp3) is 0.500. The first-order chi connectivity index (χ1) is 6.36. The van der Waals surface area contributed by atoms with Gasteiger partial charge in [0.2, 0.25) is 0 Å². The van der Waals surface area contributed by atoms with Gasteiger partial charge in [-0.05, 0) is 24.6 Å². The summed E-state index contributed by atoms with van der Waals surface area (Å²) in [6, 6.07) is 4.49. The van der Waals surface area contributed by atoms with Crippen LogP contribution in [-0.4, -0.2) is 24.7 Å². The molecule has 70 valence electrons. The van der Waals surface area contributed by atoms with E-state index in [1.165, 1.54) is 5.56 Å². The van der Waals surface area contributed by atoms with E-state index in [0.717, 1.165) is 25.5 Å². The Labute approximate surface area is 78.1 Å². The minimum absolute atomic E-state index is 0.343. The standard InChI is InChI=1S/C10H14N2O/c1-8-6-9(2-3-11-8)10-7-13-5-4-12-10/h2-3,6,10,12H,4-5,7H2,1H3. The number of aromatic nitrogens is 1. The van der Waals surface area contributed by atoms with E-state index < -0.39 is 0 Å². The number of aryl methyl sites for hydroxylation is 1. The van der Waals surface area contributed by atoms with Crippen LogP contribution in [0.4, 0.5) is 0 Å². The summed E-state index contributed by atoms with van der Waals surface area (Å²) in [5.41, 5.74) is 2.33. The van der Waals surface area contributed by atoms with Crippen molar-refractivity contribution in [1.82, 2.24) is 10.3 Å². The van der Waals surface area contributed by atoms with Crippen LogP contribution in [0.25, 0.3) is 0 Å². The Balaban J connectivity index is 2.14. The van der Waals surface area contributed by atoms with Crippen molar-refractivity contribution in [2.75, 3.05) is 19.8 Å². The molecule has 1 aromatic heterocycles. The molecule has 1 unspecified atom stereocenters. The lowest BCUT2D eigenvalue weighted by molar-refractivity contribution is 0.0768. The van der Waals surface area contributed by atoms with Gasteiger partial charge in [0.25, 0.3) is 0 Å². The smallest absolute Gasteiger partial charge is 0.0662 e. The van der Waals surface area contributed by atoms with Crippen LogP contribution in [0.15, 0.2) is 18.3 Å². The molecular formula is C10H14N2O. The number of hydrogen-bond donors (Lipinski definition) is 1. The molecule has 0 radical (unpaired) electrons. The number of ether oxygens (including phenoxy) is 1. The number of pyridine rings is 1. The second-order valence-corrected chi connectivity index (χ2v) is 3.31. The molecule has 1 aliphatic heterocycles. The van der Waals surface area contributed by atoms with E-state index in [-0.39, 0.29) is 0 Å². The molecule has 1 aromatic rings. The molecule has 0 bridgehead atoms. The van der Waals surface area contributed by atoms with Gasteiger partial charge in [-0.15, -0.1) is 0 Å². The highest BCUT2D eigenvalue weighted by molar-refractivity contribution is 5.19. The fourth-order valence-electron chi connectivity index (χ4n) is 1.56. The molecule has 1 saturated heterocycles. The Hall–Kier alpha value is -0.930. The average molecular weight is 178 g/mol. The Morgan fingerprint density at radius 3 is 3.23 bits per heavy atom. The fourth-order valence-corrected chi connectivity index (χ4v) is 1.56. The van der Waals surface area contributed by atoms with Crippen LogP contribution < -0.4 is 5.32 Å². The number of nitrogens with zero attached hydrogens (tertiary/aromatic N) is 1. The van der Waals surface area contributed by atoms with Crippen molar-refractivity contribution in [2.24, 2.45) is 0 Å². The largest absolute Gasteiger partial charge is 0.378 e. The van der Waals surface area contributed by atoms with Gasteiger partial charge in [-0.3, -0.25) is 4.98 Å². The van der Waals surface area contributed by atoms with Gasteiger partial charge >= 0.3 is 0 Å². The van der Waals surface area contributed by atoms with Crippen LogP contribution in [-0.2, 0) is 4.74 Å². The molecule has 0 saturated carbocycles. The minimum Gasteiger partial charge on any atom is -0.378 e. The van der Waals surface area contributed by atoms with Gasteiger partial charge < -0.3 is 10.1 Å². The Kier molecular flexibility index (Phi) is 2.57. The average Bonchev–Trinajstić information content (AvgIpc) is 2.19. The van der Waals surface area contributed by atoms with E-state index in [1.54, 1.807) is 0 Å². The van der Waals surface area contributed by atoms with E-state index in [2.05, 4.69) is 16.4 Å².